The fraction of sp³-hybridized carbons (Fsp3) is 0.500. The molecule has 1 N–H and O–H groups in total. The van der Waals surface area contributed by atoms with Crippen LogP contribution in [0.2, 0.25) is 0 Å². The molecule has 1 aromatic carbocycles. The van der Waals surface area contributed by atoms with E-state index in [4.69, 9.17) is 0 Å². The maximum atomic E-state index is 12.4. The second kappa shape index (κ2) is 6.40. The summed E-state index contributed by atoms with van der Waals surface area (Å²) in [5.41, 5.74) is 1.18. The molecule has 1 aromatic rings. The smallest absolute Gasteiger partial charge is 0.320 e. The molecule has 2 rings (SSSR count). The molecule has 1 fully saturated rings. The normalized spacial score (nSPS) is 15.5. The van der Waals surface area contributed by atoms with E-state index in [1.165, 1.54) is 5.56 Å². The number of rotatable bonds is 3. The summed E-state index contributed by atoms with van der Waals surface area (Å²) in [6.45, 7) is 6.89. The van der Waals surface area contributed by atoms with Gasteiger partial charge in [-0.2, -0.15) is 0 Å². The minimum Gasteiger partial charge on any atom is -0.322 e. The van der Waals surface area contributed by atoms with Gasteiger partial charge in [-0.3, -0.25) is 0 Å². The van der Waals surface area contributed by atoms with Crippen LogP contribution in [0.1, 0.15) is 12.5 Å². The highest BCUT2D eigenvalue weighted by atomic mass is 16.2. The number of benzene rings is 1. The molecule has 1 aliphatic heterocycles. The molecule has 1 aliphatic rings. The van der Waals surface area contributed by atoms with Gasteiger partial charge < -0.3 is 15.1 Å². The summed E-state index contributed by atoms with van der Waals surface area (Å²) < 4.78 is 0. The molecule has 0 spiro atoms. The Kier molecular flexibility index (Phi) is 4.59. The molecule has 4 heteroatoms. The minimum absolute atomic E-state index is 0.155. The maximum Gasteiger partial charge on any atom is 0.320 e. The van der Waals surface area contributed by atoms with Crippen molar-refractivity contribution in [3.05, 3.63) is 35.9 Å². The van der Waals surface area contributed by atoms with Gasteiger partial charge in [0.25, 0.3) is 0 Å². The number of piperazine rings is 1. The van der Waals surface area contributed by atoms with Gasteiger partial charge in [-0.25, -0.2) is 4.79 Å². The molecule has 0 unspecified atom stereocenters. The van der Waals surface area contributed by atoms with E-state index < -0.39 is 0 Å². The Morgan fingerprint density at radius 1 is 1.28 bits per heavy atom. The maximum absolute atomic E-state index is 12.4. The van der Waals surface area contributed by atoms with Crippen LogP contribution in [0.15, 0.2) is 30.3 Å². The standard InChI is InChI=1S/C14H21N3O/c1-2-16(12-13-6-4-3-5-7-13)14(18)17-10-8-15-9-11-17/h3-7,15H,2,8-12H2,1H3. The molecule has 2 amide bonds. The number of urea groups is 1. The first kappa shape index (κ1) is 12.9. The third-order valence-electron chi connectivity index (χ3n) is 3.26. The summed E-state index contributed by atoms with van der Waals surface area (Å²) in [5, 5.41) is 3.26. The number of carbonyl (C=O) groups is 1. The number of nitrogens with one attached hydrogen (secondary N) is 1. The molecule has 0 saturated carbocycles. The predicted octanol–water partition coefficient (Wildman–Crippen LogP) is 1.53. The number of amides is 2. The summed E-state index contributed by atoms with van der Waals surface area (Å²) in [6, 6.07) is 10.3. The fourth-order valence-electron chi connectivity index (χ4n) is 2.17. The van der Waals surface area contributed by atoms with Gasteiger partial charge in [0.2, 0.25) is 0 Å². The Morgan fingerprint density at radius 2 is 1.94 bits per heavy atom. The molecule has 98 valence electrons. The predicted molar refractivity (Wildman–Crippen MR) is 72.4 cm³/mol. The van der Waals surface area contributed by atoms with E-state index in [-0.39, 0.29) is 6.03 Å². The number of hydrogen-bond donors (Lipinski definition) is 1. The number of nitrogens with zero attached hydrogens (tertiary/aromatic N) is 2. The quantitative estimate of drug-likeness (QED) is 0.879. The van der Waals surface area contributed by atoms with E-state index in [1.807, 2.05) is 34.9 Å². The molecular weight excluding hydrogens is 226 g/mol. The zero-order valence-corrected chi connectivity index (χ0v) is 10.9. The van der Waals surface area contributed by atoms with Crippen molar-refractivity contribution in [2.45, 2.75) is 13.5 Å². The summed E-state index contributed by atoms with van der Waals surface area (Å²) in [5.74, 6) is 0. The first-order valence-electron chi connectivity index (χ1n) is 6.59. The van der Waals surface area contributed by atoms with Crippen molar-refractivity contribution in [2.75, 3.05) is 32.7 Å². The van der Waals surface area contributed by atoms with Gasteiger partial charge >= 0.3 is 6.03 Å². The molecule has 0 aromatic heterocycles. The van der Waals surface area contributed by atoms with Crippen LogP contribution >= 0.6 is 0 Å². The first-order valence-corrected chi connectivity index (χ1v) is 6.59. The lowest BCUT2D eigenvalue weighted by Crippen LogP contribution is -2.51. The molecule has 4 nitrogen and oxygen atoms in total. The van der Waals surface area contributed by atoms with Crippen LogP contribution in [0.4, 0.5) is 4.79 Å². The van der Waals surface area contributed by atoms with Crippen LogP contribution in [-0.2, 0) is 6.54 Å². The van der Waals surface area contributed by atoms with Gasteiger partial charge in [0.05, 0.1) is 0 Å². The highest BCUT2D eigenvalue weighted by Gasteiger charge is 2.21. The Bertz CT molecular complexity index is 374. The molecule has 0 bridgehead atoms. The largest absolute Gasteiger partial charge is 0.322 e. The van der Waals surface area contributed by atoms with Crippen molar-refractivity contribution in [3.8, 4) is 0 Å². The van der Waals surface area contributed by atoms with Gasteiger partial charge in [-0.15, -0.1) is 0 Å². The second-order valence-corrected chi connectivity index (χ2v) is 4.52. The average Bonchev–Trinajstić information content (AvgIpc) is 2.46. The first-order chi connectivity index (χ1) is 8.81. The van der Waals surface area contributed by atoms with E-state index in [9.17, 15) is 4.79 Å². The average molecular weight is 247 g/mol. The second-order valence-electron chi connectivity index (χ2n) is 4.52. The molecular formula is C14H21N3O. The van der Waals surface area contributed by atoms with Crippen LogP contribution in [0.3, 0.4) is 0 Å². The van der Waals surface area contributed by atoms with Crippen molar-refractivity contribution in [1.29, 1.82) is 0 Å². The fourth-order valence-corrected chi connectivity index (χ4v) is 2.17. The van der Waals surface area contributed by atoms with Crippen LogP contribution in [0.25, 0.3) is 0 Å². The molecule has 0 aliphatic carbocycles. The Balaban J connectivity index is 1.97. The molecule has 1 heterocycles. The number of carbonyl (C=O) groups excluding carboxylic acids is 1. The van der Waals surface area contributed by atoms with Crippen LogP contribution in [0, 0.1) is 0 Å². The van der Waals surface area contributed by atoms with E-state index in [1.54, 1.807) is 0 Å². The monoisotopic (exact) mass is 247 g/mol. The Labute approximate surface area is 109 Å². The highest BCUT2D eigenvalue weighted by Crippen LogP contribution is 2.08. The van der Waals surface area contributed by atoms with Crippen LogP contribution in [-0.4, -0.2) is 48.6 Å². The molecule has 18 heavy (non-hydrogen) atoms. The number of hydrogen-bond acceptors (Lipinski definition) is 2. The Hall–Kier alpha value is -1.55. The molecule has 1 saturated heterocycles. The van der Waals surface area contributed by atoms with Crippen LogP contribution < -0.4 is 5.32 Å². The lowest BCUT2D eigenvalue weighted by Gasteiger charge is -2.32. The third-order valence-corrected chi connectivity index (χ3v) is 3.26. The third kappa shape index (κ3) is 3.23. The lowest BCUT2D eigenvalue weighted by atomic mass is 10.2. The summed E-state index contributed by atoms with van der Waals surface area (Å²) >= 11 is 0. The van der Waals surface area contributed by atoms with Crippen molar-refractivity contribution in [3.63, 3.8) is 0 Å². The van der Waals surface area contributed by atoms with Crippen LogP contribution in [0.5, 0.6) is 0 Å². The zero-order valence-electron chi connectivity index (χ0n) is 10.9. The highest BCUT2D eigenvalue weighted by molar-refractivity contribution is 5.74. The van der Waals surface area contributed by atoms with E-state index in [2.05, 4.69) is 17.4 Å². The van der Waals surface area contributed by atoms with Gasteiger partial charge in [-0.1, -0.05) is 30.3 Å². The SMILES string of the molecule is CCN(Cc1ccccc1)C(=O)N1CCNCC1. The minimum atomic E-state index is 0.155. The van der Waals surface area contributed by atoms with Gasteiger partial charge in [0.15, 0.2) is 0 Å². The van der Waals surface area contributed by atoms with Gasteiger partial charge in [0, 0.05) is 39.3 Å². The summed E-state index contributed by atoms with van der Waals surface area (Å²) in [7, 11) is 0. The Morgan fingerprint density at radius 3 is 2.56 bits per heavy atom. The zero-order chi connectivity index (χ0) is 12.8. The van der Waals surface area contributed by atoms with Crippen molar-refractivity contribution < 1.29 is 4.79 Å². The van der Waals surface area contributed by atoms with Crippen molar-refractivity contribution in [2.24, 2.45) is 0 Å². The van der Waals surface area contributed by atoms with Crippen molar-refractivity contribution in [1.82, 2.24) is 15.1 Å². The lowest BCUT2D eigenvalue weighted by molar-refractivity contribution is 0.146. The van der Waals surface area contributed by atoms with E-state index in [0.717, 1.165) is 32.7 Å². The van der Waals surface area contributed by atoms with Crippen molar-refractivity contribution >= 4 is 6.03 Å². The topological polar surface area (TPSA) is 35.6 Å². The summed E-state index contributed by atoms with van der Waals surface area (Å²) in [6.07, 6.45) is 0. The van der Waals surface area contributed by atoms with Gasteiger partial charge in [-0.05, 0) is 12.5 Å². The van der Waals surface area contributed by atoms with E-state index >= 15 is 0 Å². The van der Waals surface area contributed by atoms with E-state index in [0.29, 0.717) is 6.54 Å². The molecule has 0 atom stereocenters. The van der Waals surface area contributed by atoms with Gasteiger partial charge in [0.1, 0.15) is 0 Å². The molecule has 0 radical (unpaired) electrons. The summed E-state index contributed by atoms with van der Waals surface area (Å²) in [4.78, 5) is 16.2.